The summed E-state index contributed by atoms with van der Waals surface area (Å²) in [5, 5.41) is 6.46. The zero-order valence-electron chi connectivity index (χ0n) is 17.4. The summed E-state index contributed by atoms with van der Waals surface area (Å²) in [7, 11) is 1.73. The number of nitrogens with one attached hydrogen (secondary N) is 2. The van der Waals surface area contributed by atoms with Crippen molar-refractivity contribution < 1.29 is 19.0 Å². The first kappa shape index (κ1) is 26.2. The highest BCUT2D eigenvalue weighted by atomic mass is 127. The van der Waals surface area contributed by atoms with Crippen LogP contribution < -0.4 is 10.6 Å². The zero-order valence-corrected chi connectivity index (χ0v) is 19.7. The smallest absolute Gasteiger partial charge is 0.410 e. The van der Waals surface area contributed by atoms with Gasteiger partial charge in [-0.05, 0) is 40.5 Å². The maximum absolute atomic E-state index is 12.1. The van der Waals surface area contributed by atoms with Gasteiger partial charge in [-0.2, -0.15) is 0 Å². The lowest BCUT2D eigenvalue weighted by Gasteiger charge is -2.26. The number of halogens is 1. The summed E-state index contributed by atoms with van der Waals surface area (Å²) in [5.74, 6) is 0.717. The molecule has 1 fully saturated rings. The number of nitrogens with zero attached hydrogens (tertiary/aromatic N) is 2. The molecule has 9 heteroatoms. The Morgan fingerprint density at radius 2 is 2.00 bits per heavy atom. The number of carbonyl (C=O) groups excluding carboxylic acids is 1. The van der Waals surface area contributed by atoms with Gasteiger partial charge in [-0.3, -0.25) is 4.99 Å². The van der Waals surface area contributed by atoms with E-state index >= 15 is 0 Å². The molecule has 1 atom stereocenters. The number of aliphatic imine (C=N–C) groups is 1. The Morgan fingerprint density at radius 3 is 2.56 bits per heavy atom. The van der Waals surface area contributed by atoms with Gasteiger partial charge in [-0.25, -0.2) is 4.79 Å². The van der Waals surface area contributed by atoms with Crippen molar-refractivity contribution in [2.24, 2.45) is 4.99 Å². The van der Waals surface area contributed by atoms with Gasteiger partial charge in [-0.15, -0.1) is 24.0 Å². The Morgan fingerprint density at radius 1 is 1.30 bits per heavy atom. The minimum Gasteiger partial charge on any atom is -0.444 e. The fourth-order valence-electron chi connectivity index (χ4n) is 2.41. The van der Waals surface area contributed by atoms with Gasteiger partial charge < -0.3 is 29.7 Å². The van der Waals surface area contributed by atoms with E-state index in [0.717, 1.165) is 32.0 Å². The van der Waals surface area contributed by atoms with Crippen molar-refractivity contribution in [1.82, 2.24) is 15.5 Å². The van der Waals surface area contributed by atoms with E-state index in [0.29, 0.717) is 32.8 Å². The molecule has 1 saturated heterocycles. The van der Waals surface area contributed by atoms with Crippen LogP contribution in [-0.2, 0) is 14.2 Å². The molecular weight excluding hydrogens is 463 g/mol. The van der Waals surface area contributed by atoms with Crippen molar-refractivity contribution >= 4 is 36.0 Å². The number of hydrogen-bond acceptors (Lipinski definition) is 5. The largest absolute Gasteiger partial charge is 0.444 e. The van der Waals surface area contributed by atoms with Crippen molar-refractivity contribution in [2.75, 3.05) is 53.0 Å². The number of likely N-dealkylation sites (N-methyl/N-ethyl adjacent to an activating group) is 1. The third kappa shape index (κ3) is 12.3. The average Bonchev–Trinajstić information content (AvgIpc) is 3.08. The molecule has 0 aliphatic carbocycles. The van der Waals surface area contributed by atoms with Gasteiger partial charge in [0, 0.05) is 46.4 Å². The lowest BCUT2D eigenvalue weighted by molar-refractivity contribution is 0.0263. The second kappa shape index (κ2) is 14.2. The molecule has 0 aromatic rings. The number of hydrogen-bond donors (Lipinski definition) is 2. The minimum absolute atomic E-state index is 0. The van der Waals surface area contributed by atoms with Crippen LogP contribution in [0, 0.1) is 0 Å². The fourth-order valence-corrected chi connectivity index (χ4v) is 2.41. The molecule has 1 unspecified atom stereocenters. The lowest BCUT2D eigenvalue weighted by atomic mass is 10.2. The van der Waals surface area contributed by atoms with Crippen molar-refractivity contribution in [3.63, 3.8) is 0 Å². The monoisotopic (exact) mass is 500 g/mol. The molecule has 0 aromatic carbocycles. The predicted molar refractivity (Wildman–Crippen MR) is 118 cm³/mol. The van der Waals surface area contributed by atoms with Gasteiger partial charge in [0.15, 0.2) is 5.96 Å². The highest BCUT2D eigenvalue weighted by Gasteiger charge is 2.20. The molecule has 1 amide bonds. The van der Waals surface area contributed by atoms with Crippen LogP contribution >= 0.6 is 24.0 Å². The Bertz CT molecular complexity index is 438. The first-order valence-corrected chi connectivity index (χ1v) is 9.47. The van der Waals surface area contributed by atoms with E-state index in [9.17, 15) is 4.79 Å². The van der Waals surface area contributed by atoms with Crippen LogP contribution in [0.15, 0.2) is 4.99 Å². The minimum atomic E-state index is -0.484. The summed E-state index contributed by atoms with van der Waals surface area (Å²) < 4.78 is 16.4. The molecule has 2 N–H and O–H groups in total. The van der Waals surface area contributed by atoms with Gasteiger partial charge in [0.2, 0.25) is 0 Å². The van der Waals surface area contributed by atoms with E-state index in [1.807, 2.05) is 27.7 Å². The maximum Gasteiger partial charge on any atom is 0.410 e. The summed E-state index contributed by atoms with van der Waals surface area (Å²) in [6.45, 7) is 12.3. The summed E-state index contributed by atoms with van der Waals surface area (Å²) >= 11 is 0. The molecule has 8 nitrogen and oxygen atoms in total. The van der Waals surface area contributed by atoms with E-state index in [1.165, 1.54) is 0 Å². The Balaban J connectivity index is 0.00000676. The fraction of sp³-hybridized carbons (Fsp3) is 0.889. The molecule has 1 rings (SSSR count). The van der Waals surface area contributed by atoms with Crippen LogP contribution in [0.3, 0.4) is 0 Å². The molecule has 0 bridgehead atoms. The molecule has 27 heavy (non-hydrogen) atoms. The van der Waals surface area contributed by atoms with E-state index in [4.69, 9.17) is 14.2 Å². The molecule has 0 radical (unpaired) electrons. The van der Waals surface area contributed by atoms with Crippen molar-refractivity contribution in [3.05, 3.63) is 0 Å². The number of ether oxygens (including phenoxy) is 3. The van der Waals surface area contributed by atoms with Gasteiger partial charge in [0.1, 0.15) is 5.60 Å². The van der Waals surface area contributed by atoms with Gasteiger partial charge in [0.25, 0.3) is 0 Å². The van der Waals surface area contributed by atoms with Crippen LogP contribution in [-0.4, -0.2) is 81.7 Å². The Kier molecular flexibility index (Phi) is 13.8. The average molecular weight is 500 g/mol. The molecule has 160 valence electrons. The number of carbonyl (C=O) groups is 1. The van der Waals surface area contributed by atoms with Gasteiger partial charge in [-0.1, -0.05) is 0 Å². The summed E-state index contributed by atoms with van der Waals surface area (Å²) in [6.07, 6.45) is 1.84. The Hall–Kier alpha value is -0.810. The summed E-state index contributed by atoms with van der Waals surface area (Å²) in [4.78, 5) is 18.0. The van der Waals surface area contributed by atoms with Crippen LogP contribution in [0.2, 0.25) is 0 Å². The third-order valence-electron chi connectivity index (χ3n) is 3.79. The molecule has 0 aromatic heterocycles. The lowest BCUT2D eigenvalue weighted by Crippen LogP contribution is -2.44. The van der Waals surface area contributed by atoms with Crippen molar-refractivity contribution in [3.8, 4) is 0 Å². The zero-order chi connectivity index (χ0) is 19.4. The van der Waals surface area contributed by atoms with E-state index in [1.54, 1.807) is 11.9 Å². The molecule has 1 aliphatic rings. The SMILES string of the molecule is CCN(CCNC(=NC)NCCCOC1CCOC1)C(=O)OC(C)(C)C.I. The second-order valence-corrected chi connectivity index (χ2v) is 7.20. The van der Waals surface area contributed by atoms with Crippen LogP contribution in [0.1, 0.15) is 40.5 Å². The van der Waals surface area contributed by atoms with E-state index < -0.39 is 5.60 Å². The normalized spacial score (nSPS) is 17.2. The molecule has 1 heterocycles. The first-order chi connectivity index (χ1) is 12.4. The molecular formula is C18H37IN4O4. The number of guanidine groups is 1. The van der Waals surface area contributed by atoms with Crippen molar-refractivity contribution in [2.45, 2.75) is 52.2 Å². The van der Waals surface area contributed by atoms with E-state index in [-0.39, 0.29) is 36.2 Å². The summed E-state index contributed by atoms with van der Waals surface area (Å²) in [5.41, 5.74) is -0.484. The van der Waals surface area contributed by atoms with E-state index in [2.05, 4.69) is 15.6 Å². The van der Waals surface area contributed by atoms with Gasteiger partial charge >= 0.3 is 6.09 Å². The van der Waals surface area contributed by atoms with Crippen molar-refractivity contribution in [1.29, 1.82) is 0 Å². The maximum atomic E-state index is 12.1. The number of amides is 1. The predicted octanol–water partition coefficient (Wildman–Crippen LogP) is 2.22. The summed E-state index contributed by atoms with van der Waals surface area (Å²) in [6, 6.07) is 0. The second-order valence-electron chi connectivity index (χ2n) is 7.20. The standard InChI is InChI=1S/C18H36N4O4.HI/c1-6-22(17(23)26-18(2,3)4)11-10-21-16(19-5)20-9-7-12-25-15-8-13-24-14-15;/h15H,6-14H2,1-5H3,(H2,19,20,21);1H. The third-order valence-corrected chi connectivity index (χ3v) is 3.79. The van der Waals surface area contributed by atoms with Crippen LogP contribution in [0.5, 0.6) is 0 Å². The van der Waals surface area contributed by atoms with Crippen LogP contribution in [0.4, 0.5) is 4.79 Å². The Labute approximate surface area is 180 Å². The topological polar surface area (TPSA) is 84.4 Å². The number of rotatable bonds is 9. The van der Waals surface area contributed by atoms with Gasteiger partial charge in [0.05, 0.1) is 12.7 Å². The molecule has 0 spiro atoms. The molecule has 1 aliphatic heterocycles. The molecule has 0 saturated carbocycles. The highest BCUT2D eigenvalue weighted by molar-refractivity contribution is 14.0. The van der Waals surface area contributed by atoms with Crippen LogP contribution in [0.25, 0.3) is 0 Å². The quantitative estimate of drug-likeness (QED) is 0.219. The highest BCUT2D eigenvalue weighted by Crippen LogP contribution is 2.09. The first-order valence-electron chi connectivity index (χ1n) is 9.47.